The van der Waals surface area contributed by atoms with E-state index in [9.17, 15) is 14.4 Å². The fraction of sp³-hybridized carbons (Fsp3) is 0.227. The highest BCUT2D eigenvalue weighted by molar-refractivity contribution is 5.94. The molecule has 0 saturated carbocycles. The molecule has 3 N–H and O–H groups in total. The SMILES string of the molecule is COC(=O)N[C@@H](C(=O)N1CCC[C@H]1c1ncc(-c2ccc(C#Cc3ccc(-c4cnc([C@@H]5CCCN5C(=O)c5cccnc5)[nH]4)cc3)cc2)[nH]1)c1ccccc1. The average molecular weight is 745 g/mol. The number of imidazole rings is 2. The standard InChI is InChI=1S/C44H40N8O4/c1-56-44(55)50-39(33-8-3-2-4-9-33)43(54)52-25-7-12-38(52)41-47-28-36(49-41)32-21-17-30(18-22-32)14-13-29-15-19-31(20-16-29)35-27-46-40(48-35)37-11-6-24-51(37)42(53)34-10-5-23-45-26-34/h2-5,8-10,15-23,26-28,37-39H,6-7,11-12,24-25H2,1H3,(H,46,48)(H,47,49)(H,50,55)/t37-,38-,39+/m0/s1. The van der Waals surface area contributed by atoms with E-state index in [1.807, 2.05) is 90.0 Å². The van der Waals surface area contributed by atoms with Crippen LogP contribution in [0.4, 0.5) is 4.79 Å². The number of rotatable bonds is 8. The molecule has 3 aromatic heterocycles. The number of hydrogen-bond acceptors (Lipinski definition) is 7. The summed E-state index contributed by atoms with van der Waals surface area (Å²) in [6.45, 7) is 1.25. The molecule has 6 aromatic rings. The topological polar surface area (TPSA) is 149 Å². The molecule has 2 saturated heterocycles. The largest absolute Gasteiger partial charge is 0.453 e. The molecule has 0 spiro atoms. The van der Waals surface area contributed by atoms with Crippen LogP contribution < -0.4 is 5.32 Å². The molecule has 3 atom stereocenters. The molecule has 8 rings (SSSR count). The number of carbonyl (C=O) groups excluding carboxylic acids is 3. The molecule has 3 aromatic carbocycles. The Morgan fingerprint density at radius 1 is 0.732 bits per heavy atom. The summed E-state index contributed by atoms with van der Waals surface area (Å²) < 4.78 is 4.82. The molecule has 2 aliphatic rings. The van der Waals surface area contributed by atoms with Crippen molar-refractivity contribution in [2.45, 2.75) is 43.8 Å². The number of H-pyrrole nitrogens is 2. The van der Waals surface area contributed by atoms with Crippen molar-refractivity contribution in [3.63, 3.8) is 0 Å². The van der Waals surface area contributed by atoms with E-state index < -0.39 is 12.1 Å². The lowest BCUT2D eigenvalue weighted by Crippen LogP contribution is -2.42. The van der Waals surface area contributed by atoms with E-state index in [0.717, 1.165) is 65.1 Å². The van der Waals surface area contributed by atoms with E-state index in [1.165, 1.54) is 7.11 Å². The van der Waals surface area contributed by atoms with Crippen molar-refractivity contribution in [3.05, 3.63) is 150 Å². The van der Waals surface area contributed by atoms with Gasteiger partial charge in [-0.15, -0.1) is 0 Å². The smallest absolute Gasteiger partial charge is 0.407 e. The molecular formula is C44H40N8O4. The first-order chi connectivity index (χ1) is 27.4. The average Bonchev–Trinajstić information content (AvgIpc) is 4.10. The summed E-state index contributed by atoms with van der Waals surface area (Å²) in [4.78, 5) is 63.1. The van der Waals surface area contributed by atoms with Gasteiger partial charge >= 0.3 is 6.09 Å². The molecule has 0 aliphatic carbocycles. The molecule has 3 amide bonds. The number of alkyl carbamates (subject to hydrolysis) is 1. The maximum absolute atomic E-state index is 13.8. The van der Waals surface area contributed by atoms with Crippen molar-refractivity contribution in [1.29, 1.82) is 0 Å². The van der Waals surface area contributed by atoms with E-state index in [-0.39, 0.29) is 23.9 Å². The molecule has 56 heavy (non-hydrogen) atoms. The summed E-state index contributed by atoms with van der Waals surface area (Å²) in [5.41, 5.74) is 6.68. The van der Waals surface area contributed by atoms with Gasteiger partial charge in [0.2, 0.25) is 0 Å². The molecule has 2 aliphatic heterocycles. The lowest BCUT2D eigenvalue weighted by Gasteiger charge is -2.28. The second kappa shape index (κ2) is 16.2. The first-order valence-corrected chi connectivity index (χ1v) is 18.7. The maximum atomic E-state index is 13.8. The van der Waals surface area contributed by atoms with Crippen molar-refractivity contribution in [2.24, 2.45) is 0 Å². The number of methoxy groups -OCH3 is 1. The van der Waals surface area contributed by atoms with Crippen molar-refractivity contribution in [1.82, 2.24) is 40.0 Å². The summed E-state index contributed by atoms with van der Waals surface area (Å²) in [7, 11) is 1.28. The van der Waals surface area contributed by atoms with Crippen LogP contribution >= 0.6 is 0 Å². The summed E-state index contributed by atoms with van der Waals surface area (Å²) >= 11 is 0. The molecule has 12 nitrogen and oxygen atoms in total. The van der Waals surface area contributed by atoms with Gasteiger partial charge in [-0.25, -0.2) is 14.8 Å². The van der Waals surface area contributed by atoms with Gasteiger partial charge in [-0.05, 0) is 78.8 Å². The van der Waals surface area contributed by atoms with Gasteiger partial charge in [0.05, 0.1) is 48.5 Å². The number of amides is 3. The monoisotopic (exact) mass is 744 g/mol. The number of carbonyl (C=O) groups is 3. The predicted octanol–water partition coefficient (Wildman–Crippen LogP) is 7.00. The summed E-state index contributed by atoms with van der Waals surface area (Å²) in [5.74, 6) is 7.76. The minimum absolute atomic E-state index is 0.0294. The van der Waals surface area contributed by atoms with Crippen molar-refractivity contribution in [2.75, 3.05) is 20.2 Å². The number of aromatic nitrogens is 5. The quantitative estimate of drug-likeness (QED) is 0.142. The number of nitrogens with zero attached hydrogens (tertiary/aromatic N) is 5. The number of nitrogens with one attached hydrogen (secondary N) is 3. The van der Waals surface area contributed by atoms with Gasteiger partial charge in [0.25, 0.3) is 11.8 Å². The van der Waals surface area contributed by atoms with Gasteiger partial charge in [0, 0.05) is 36.6 Å². The van der Waals surface area contributed by atoms with Gasteiger partial charge in [-0.1, -0.05) is 66.4 Å². The first kappa shape index (κ1) is 36.0. The summed E-state index contributed by atoms with van der Waals surface area (Å²) in [6, 6.07) is 27.5. The molecule has 0 radical (unpaired) electrons. The van der Waals surface area contributed by atoms with Crippen LogP contribution in [0.3, 0.4) is 0 Å². The van der Waals surface area contributed by atoms with Gasteiger partial charge in [0.15, 0.2) is 0 Å². The Kier molecular flexibility index (Phi) is 10.4. The van der Waals surface area contributed by atoms with Crippen molar-refractivity contribution < 1.29 is 19.1 Å². The number of aromatic amines is 2. The predicted molar refractivity (Wildman–Crippen MR) is 210 cm³/mol. The molecule has 280 valence electrons. The van der Waals surface area contributed by atoms with Crippen LogP contribution in [0.25, 0.3) is 22.5 Å². The third kappa shape index (κ3) is 7.65. The Morgan fingerprint density at radius 3 is 1.86 bits per heavy atom. The Labute approximate surface area is 324 Å². The van der Waals surface area contributed by atoms with Crippen molar-refractivity contribution >= 4 is 17.9 Å². The lowest BCUT2D eigenvalue weighted by molar-refractivity contribution is -0.134. The number of ether oxygens (including phenoxy) is 1. The van der Waals surface area contributed by atoms with E-state index in [0.29, 0.717) is 30.0 Å². The normalized spacial score (nSPS) is 16.9. The van der Waals surface area contributed by atoms with E-state index >= 15 is 0 Å². The minimum Gasteiger partial charge on any atom is -0.453 e. The summed E-state index contributed by atoms with van der Waals surface area (Å²) in [6.07, 6.45) is 9.57. The molecular weight excluding hydrogens is 705 g/mol. The van der Waals surface area contributed by atoms with Crippen LogP contribution in [0.15, 0.2) is 116 Å². The second-order valence-electron chi connectivity index (χ2n) is 13.8. The number of likely N-dealkylation sites (tertiary alicyclic amines) is 2. The van der Waals surface area contributed by atoms with Gasteiger partial charge in [-0.2, -0.15) is 0 Å². The van der Waals surface area contributed by atoms with Gasteiger partial charge < -0.3 is 29.8 Å². The maximum Gasteiger partial charge on any atom is 0.407 e. The van der Waals surface area contributed by atoms with Crippen molar-refractivity contribution in [3.8, 4) is 34.4 Å². The molecule has 5 heterocycles. The zero-order valence-corrected chi connectivity index (χ0v) is 30.8. The van der Waals surface area contributed by atoms with Crippen LogP contribution in [0, 0.1) is 11.8 Å². The summed E-state index contributed by atoms with van der Waals surface area (Å²) in [5, 5.41) is 2.71. The second-order valence-corrected chi connectivity index (χ2v) is 13.8. The number of hydrogen-bond donors (Lipinski definition) is 3. The third-order valence-electron chi connectivity index (χ3n) is 10.4. The Morgan fingerprint density at radius 2 is 1.30 bits per heavy atom. The molecule has 12 heteroatoms. The fourth-order valence-electron chi connectivity index (χ4n) is 7.46. The highest BCUT2D eigenvalue weighted by Crippen LogP contribution is 2.35. The van der Waals surface area contributed by atoms with E-state index in [1.54, 1.807) is 35.6 Å². The zero-order chi connectivity index (χ0) is 38.4. The van der Waals surface area contributed by atoms with Crippen LogP contribution in [0.2, 0.25) is 0 Å². The van der Waals surface area contributed by atoms with Crippen LogP contribution in [-0.2, 0) is 9.53 Å². The molecule has 2 fully saturated rings. The number of benzene rings is 3. The lowest BCUT2D eigenvalue weighted by atomic mass is 10.1. The van der Waals surface area contributed by atoms with Crippen LogP contribution in [0.5, 0.6) is 0 Å². The Hall–Kier alpha value is -7.00. The van der Waals surface area contributed by atoms with E-state index in [2.05, 4.69) is 42.1 Å². The minimum atomic E-state index is -0.874. The van der Waals surface area contributed by atoms with Gasteiger partial charge in [-0.3, -0.25) is 14.6 Å². The Bertz CT molecular complexity index is 2380. The van der Waals surface area contributed by atoms with Gasteiger partial charge in [0.1, 0.15) is 17.7 Å². The molecule has 0 unspecified atom stereocenters. The zero-order valence-electron chi connectivity index (χ0n) is 30.8. The first-order valence-electron chi connectivity index (χ1n) is 18.7. The Balaban J connectivity index is 0.905. The highest BCUT2D eigenvalue weighted by atomic mass is 16.5. The highest BCUT2D eigenvalue weighted by Gasteiger charge is 2.37. The van der Waals surface area contributed by atoms with Crippen LogP contribution in [0.1, 0.15) is 82.5 Å². The van der Waals surface area contributed by atoms with Crippen LogP contribution in [-0.4, -0.2) is 72.8 Å². The number of pyridine rings is 1. The fourth-order valence-corrected chi connectivity index (χ4v) is 7.46. The van der Waals surface area contributed by atoms with E-state index in [4.69, 9.17) is 4.74 Å². The third-order valence-corrected chi connectivity index (χ3v) is 10.4. The molecule has 0 bridgehead atoms.